The highest BCUT2D eigenvalue weighted by Gasteiger charge is 2.39. The van der Waals surface area contributed by atoms with Crippen molar-refractivity contribution < 1.29 is 24.3 Å². The second kappa shape index (κ2) is 11.3. The molecule has 3 amide bonds. The maximum atomic E-state index is 13.0. The van der Waals surface area contributed by atoms with Crippen molar-refractivity contribution in [3.8, 4) is 0 Å². The highest BCUT2D eigenvalue weighted by Crippen LogP contribution is 2.21. The minimum absolute atomic E-state index is 0.0514. The van der Waals surface area contributed by atoms with Crippen molar-refractivity contribution in [2.24, 2.45) is 23.5 Å². The predicted molar refractivity (Wildman–Crippen MR) is 113 cm³/mol. The van der Waals surface area contributed by atoms with Crippen LogP contribution in [0, 0.1) is 17.8 Å². The van der Waals surface area contributed by atoms with E-state index in [1.165, 1.54) is 4.90 Å². The molecule has 172 valence electrons. The molecule has 9 nitrogen and oxygen atoms in total. The first kappa shape index (κ1) is 25.9. The highest BCUT2D eigenvalue weighted by molar-refractivity contribution is 5.94. The Bertz CT molecular complexity index is 637. The molecular weight excluding hydrogens is 388 g/mol. The van der Waals surface area contributed by atoms with Gasteiger partial charge in [0, 0.05) is 6.54 Å². The number of carboxylic acid groups (broad SMARTS) is 1. The fourth-order valence-corrected chi connectivity index (χ4v) is 3.49. The summed E-state index contributed by atoms with van der Waals surface area (Å²) in [5.41, 5.74) is 5.99. The summed E-state index contributed by atoms with van der Waals surface area (Å²) >= 11 is 0. The third-order valence-corrected chi connectivity index (χ3v) is 5.87. The lowest BCUT2D eigenvalue weighted by molar-refractivity contribution is -0.144. The van der Waals surface area contributed by atoms with Crippen molar-refractivity contribution in [1.82, 2.24) is 15.5 Å². The second-order valence-corrected chi connectivity index (χ2v) is 8.90. The zero-order valence-electron chi connectivity index (χ0n) is 19.0. The van der Waals surface area contributed by atoms with Crippen molar-refractivity contribution in [3.05, 3.63) is 0 Å². The van der Waals surface area contributed by atoms with Gasteiger partial charge < -0.3 is 26.4 Å². The standard InChI is InChI=1S/C21H38N4O5/c1-7-13(6)17(19(27)23-16(12(4)5)21(29)30)24-18(26)14-9-8-10-25(14)20(28)15(22)11(2)3/h11-17H,7-10,22H2,1-6H3,(H,23,27)(H,24,26)(H,29,30). The highest BCUT2D eigenvalue weighted by atomic mass is 16.4. The zero-order chi connectivity index (χ0) is 23.2. The van der Waals surface area contributed by atoms with Crippen LogP contribution in [0.4, 0.5) is 0 Å². The van der Waals surface area contributed by atoms with Gasteiger partial charge in [-0.25, -0.2) is 4.79 Å². The Morgan fingerprint density at radius 1 is 1.03 bits per heavy atom. The summed E-state index contributed by atoms with van der Waals surface area (Å²) in [4.78, 5) is 51.5. The predicted octanol–water partition coefficient (Wildman–Crippen LogP) is 0.717. The van der Waals surface area contributed by atoms with E-state index in [9.17, 15) is 24.3 Å². The Morgan fingerprint density at radius 2 is 1.63 bits per heavy atom. The summed E-state index contributed by atoms with van der Waals surface area (Å²) in [6.07, 6.45) is 1.80. The zero-order valence-corrected chi connectivity index (χ0v) is 19.0. The van der Waals surface area contributed by atoms with Crippen LogP contribution in [0.3, 0.4) is 0 Å². The molecule has 1 aliphatic rings. The van der Waals surface area contributed by atoms with E-state index in [1.54, 1.807) is 13.8 Å². The Kier molecular flexibility index (Phi) is 9.74. The van der Waals surface area contributed by atoms with Gasteiger partial charge in [-0.15, -0.1) is 0 Å². The van der Waals surface area contributed by atoms with Crippen molar-refractivity contribution in [2.45, 2.75) is 85.0 Å². The molecule has 30 heavy (non-hydrogen) atoms. The number of carbonyl (C=O) groups excluding carboxylic acids is 3. The largest absolute Gasteiger partial charge is 0.480 e. The van der Waals surface area contributed by atoms with E-state index in [-0.39, 0.29) is 23.7 Å². The topological polar surface area (TPSA) is 142 Å². The average molecular weight is 427 g/mol. The minimum atomic E-state index is -1.12. The third kappa shape index (κ3) is 6.42. The molecule has 0 aromatic carbocycles. The van der Waals surface area contributed by atoms with Gasteiger partial charge in [0.25, 0.3) is 0 Å². The number of amides is 3. The first-order valence-corrected chi connectivity index (χ1v) is 10.8. The van der Waals surface area contributed by atoms with Crippen LogP contribution in [0.25, 0.3) is 0 Å². The lowest BCUT2D eigenvalue weighted by Gasteiger charge is -2.31. The van der Waals surface area contributed by atoms with Crippen molar-refractivity contribution in [1.29, 1.82) is 0 Å². The summed E-state index contributed by atoms with van der Waals surface area (Å²) in [5, 5.41) is 14.7. The normalized spacial score (nSPS) is 20.6. The van der Waals surface area contributed by atoms with Crippen LogP contribution in [-0.4, -0.2) is 64.4 Å². The number of nitrogens with two attached hydrogens (primary N) is 1. The molecule has 0 saturated carbocycles. The summed E-state index contributed by atoms with van der Waals surface area (Å²) < 4.78 is 0. The van der Waals surface area contributed by atoms with E-state index < -0.39 is 42.0 Å². The van der Waals surface area contributed by atoms with Crippen LogP contribution in [-0.2, 0) is 19.2 Å². The van der Waals surface area contributed by atoms with Crippen LogP contribution in [0.5, 0.6) is 0 Å². The molecule has 0 spiro atoms. The molecule has 5 N–H and O–H groups in total. The van der Waals surface area contributed by atoms with Gasteiger partial charge in [0.2, 0.25) is 17.7 Å². The van der Waals surface area contributed by atoms with Gasteiger partial charge in [-0.05, 0) is 30.6 Å². The van der Waals surface area contributed by atoms with Crippen molar-refractivity contribution >= 4 is 23.7 Å². The SMILES string of the molecule is CCC(C)C(NC(=O)C1CCCN1C(=O)C(N)C(C)C)C(=O)NC(C(=O)O)C(C)C. The van der Waals surface area contributed by atoms with Crippen LogP contribution in [0.1, 0.15) is 60.8 Å². The molecule has 0 aliphatic carbocycles. The monoisotopic (exact) mass is 426 g/mol. The Balaban J connectivity index is 2.96. The fraction of sp³-hybridized carbons (Fsp3) is 0.810. The summed E-state index contributed by atoms with van der Waals surface area (Å²) in [5.74, 6) is -2.90. The van der Waals surface area contributed by atoms with Crippen molar-refractivity contribution in [2.75, 3.05) is 6.54 Å². The molecule has 1 rings (SSSR count). The number of hydrogen-bond acceptors (Lipinski definition) is 5. The summed E-state index contributed by atoms with van der Waals surface area (Å²) in [7, 11) is 0. The number of nitrogens with zero attached hydrogens (tertiary/aromatic N) is 1. The quantitative estimate of drug-likeness (QED) is 0.405. The molecule has 1 saturated heterocycles. The average Bonchev–Trinajstić information content (AvgIpc) is 3.17. The van der Waals surface area contributed by atoms with E-state index in [2.05, 4.69) is 10.6 Å². The first-order valence-electron chi connectivity index (χ1n) is 10.8. The first-order chi connectivity index (χ1) is 13.9. The molecule has 5 atom stereocenters. The number of hydrogen-bond donors (Lipinski definition) is 4. The van der Waals surface area contributed by atoms with Gasteiger partial charge in [-0.2, -0.15) is 0 Å². The lowest BCUT2D eigenvalue weighted by atomic mass is 9.96. The van der Waals surface area contributed by atoms with E-state index in [0.717, 1.165) is 0 Å². The molecule has 1 aliphatic heterocycles. The van der Waals surface area contributed by atoms with E-state index in [4.69, 9.17) is 5.73 Å². The Labute approximate surface area is 179 Å². The molecular formula is C21H38N4O5. The number of carbonyl (C=O) groups is 4. The van der Waals surface area contributed by atoms with E-state index in [0.29, 0.717) is 25.8 Å². The smallest absolute Gasteiger partial charge is 0.326 e. The maximum absolute atomic E-state index is 13.0. The minimum Gasteiger partial charge on any atom is -0.480 e. The van der Waals surface area contributed by atoms with Gasteiger partial charge >= 0.3 is 5.97 Å². The molecule has 0 aromatic heterocycles. The number of likely N-dealkylation sites (tertiary alicyclic amines) is 1. The molecule has 0 aromatic rings. The number of carboxylic acids is 1. The lowest BCUT2D eigenvalue weighted by Crippen LogP contribution is -2.59. The maximum Gasteiger partial charge on any atom is 0.326 e. The van der Waals surface area contributed by atoms with Crippen molar-refractivity contribution in [3.63, 3.8) is 0 Å². The molecule has 9 heteroatoms. The van der Waals surface area contributed by atoms with Crippen LogP contribution in [0.15, 0.2) is 0 Å². The van der Waals surface area contributed by atoms with Crippen LogP contribution >= 0.6 is 0 Å². The Hall–Kier alpha value is -2.16. The third-order valence-electron chi connectivity index (χ3n) is 5.87. The summed E-state index contributed by atoms with van der Waals surface area (Å²) in [6.45, 7) is 11.3. The number of nitrogens with one attached hydrogen (secondary N) is 2. The molecule has 0 radical (unpaired) electrons. The Morgan fingerprint density at radius 3 is 2.10 bits per heavy atom. The van der Waals surface area contributed by atoms with Gasteiger partial charge in [-0.1, -0.05) is 48.0 Å². The van der Waals surface area contributed by atoms with Gasteiger partial charge in [0.05, 0.1) is 6.04 Å². The number of aliphatic carboxylic acids is 1. The fourth-order valence-electron chi connectivity index (χ4n) is 3.49. The van der Waals surface area contributed by atoms with Gasteiger partial charge in [-0.3, -0.25) is 14.4 Å². The molecule has 1 fully saturated rings. The summed E-state index contributed by atoms with van der Waals surface area (Å²) in [6, 6.07) is -3.30. The van der Waals surface area contributed by atoms with E-state index in [1.807, 2.05) is 27.7 Å². The van der Waals surface area contributed by atoms with Crippen LogP contribution < -0.4 is 16.4 Å². The number of rotatable bonds is 10. The second-order valence-electron chi connectivity index (χ2n) is 8.90. The molecule has 0 bridgehead atoms. The van der Waals surface area contributed by atoms with Gasteiger partial charge in [0.15, 0.2) is 0 Å². The molecule has 5 unspecified atom stereocenters. The molecule has 1 heterocycles. The van der Waals surface area contributed by atoms with Crippen LogP contribution in [0.2, 0.25) is 0 Å². The van der Waals surface area contributed by atoms with E-state index >= 15 is 0 Å². The van der Waals surface area contributed by atoms with Gasteiger partial charge in [0.1, 0.15) is 18.1 Å².